The lowest BCUT2D eigenvalue weighted by molar-refractivity contribution is -0.153. The van der Waals surface area contributed by atoms with Crippen molar-refractivity contribution < 1.29 is 14.3 Å². The van der Waals surface area contributed by atoms with E-state index in [0.29, 0.717) is 11.3 Å². The number of benzene rings is 1. The summed E-state index contributed by atoms with van der Waals surface area (Å²) in [4.78, 5) is 33.1. The number of esters is 1. The van der Waals surface area contributed by atoms with Crippen LogP contribution < -0.4 is 10.6 Å². The Morgan fingerprint density at radius 1 is 1.32 bits per heavy atom. The Hall–Kier alpha value is -2.73. The number of ether oxygens (including phenoxy) is 1. The second-order valence-corrected chi connectivity index (χ2v) is 7.47. The summed E-state index contributed by atoms with van der Waals surface area (Å²) < 4.78 is 5.35. The average Bonchev–Trinajstić information content (AvgIpc) is 3.01. The Morgan fingerprint density at radius 2 is 2.04 bits per heavy atom. The number of carbonyl (C=O) groups is 2. The molecule has 1 heterocycles. The van der Waals surface area contributed by atoms with Crippen LogP contribution in [0.1, 0.15) is 48.3 Å². The van der Waals surface area contributed by atoms with Crippen molar-refractivity contribution in [3.05, 3.63) is 59.4 Å². The zero-order valence-electron chi connectivity index (χ0n) is 16.8. The molecule has 0 radical (unpaired) electrons. The van der Waals surface area contributed by atoms with Gasteiger partial charge in [0.25, 0.3) is 0 Å². The quantitative estimate of drug-likeness (QED) is 0.470. The highest BCUT2D eigenvalue weighted by Gasteiger charge is 2.57. The van der Waals surface area contributed by atoms with Crippen LogP contribution >= 0.6 is 0 Å². The van der Waals surface area contributed by atoms with Crippen LogP contribution in [0.15, 0.2) is 42.7 Å². The molecule has 2 unspecified atom stereocenters. The molecule has 1 aliphatic carbocycles. The number of nitrogens with two attached hydrogens (primary N) is 1. The zero-order chi connectivity index (χ0) is 20.5. The monoisotopic (exact) mass is 381 g/mol. The van der Waals surface area contributed by atoms with Gasteiger partial charge in [-0.25, -0.2) is 0 Å². The van der Waals surface area contributed by atoms with Crippen LogP contribution in [0.2, 0.25) is 0 Å². The third kappa shape index (κ3) is 3.07. The molecule has 0 aliphatic heterocycles. The van der Waals surface area contributed by atoms with E-state index >= 15 is 0 Å². The van der Waals surface area contributed by atoms with E-state index in [1.165, 1.54) is 0 Å². The minimum absolute atomic E-state index is 0.156. The first-order valence-electron chi connectivity index (χ1n) is 9.56. The van der Waals surface area contributed by atoms with Crippen molar-refractivity contribution in [3.63, 3.8) is 0 Å². The molecule has 2 aromatic rings. The summed E-state index contributed by atoms with van der Waals surface area (Å²) in [5, 5.41) is 0. The molecule has 0 saturated carbocycles. The molecule has 148 valence electrons. The van der Waals surface area contributed by atoms with Crippen molar-refractivity contribution in [2.24, 2.45) is 11.1 Å². The van der Waals surface area contributed by atoms with Crippen LogP contribution in [0.25, 0.3) is 0 Å². The van der Waals surface area contributed by atoms with E-state index in [4.69, 9.17) is 10.5 Å². The maximum absolute atomic E-state index is 13.9. The van der Waals surface area contributed by atoms with Gasteiger partial charge in [-0.05, 0) is 44.4 Å². The molecule has 6 nitrogen and oxygen atoms in total. The summed E-state index contributed by atoms with van der Waals surface area (Å²) in [6.45, 7) is 5.97. The lowest BCUT2D eigenvalue weighted by Gasteiger charge is -2.32. The van der Waals surface area contributed by atoms with Gasteiger partial charge in [-0.2, -0.15) is 0 Å². The number of hydrogen-bond acceptors (Lipinski definition) is 6. The van der Waals surface area contributed by atoms with Gasteiger partial charge in [0.05, 0.1) is 24.5 Å². The molecule has 2 atom stereocenters. The predicted octanol–water partition coefficient (Wildman–Crippen LogP) is 2.91. The number of pyridine rings is 1. The molecule has 3 rings (SSSR count). The number of rotatable bonds is 6. The van der Waals surface area contributed by atoms with E-state index in [2.05, 4.69) is 4.98 Å². The molecule has 2 N–H and O–H groups in total. The van der Waals surface area contributed by atoms with Crippen molar-refractivity contribution in [1.29, 1.82) is 0 Å². The highest BCUT2D eigenvalue weighted by Crippen LogP contribution is 2.48. The van der Waals surface area contributed by atoms with E-state index in [1.807, 2.05) is 50.1 Å². The lowest BCUT2D eigenvalue weighted by atomic mass is 9.74. The van der Waals surface area contributed by atoms with Crippen molar-refractivity contribution in [2.75, 3.05) is 18.6 Å². The number of aromatic nitrogens is 1. The van der Waals surface area contributed by atoms with Gasteiger partial charge in [0.2, 0.25) is 0 Å². The first-order valence-corrected chi connectivity index (χ1v) is 9.56. The second kappa shape index (κ2) is 7.72. The third-order valence-electron chi connectivity index (χ3n) is 5.63. The highest BCUT2D eigenvalue weighted by molar-refractivity contribution is 6.16. The summed E-state index contributed by atoms with van der Waals surface area (Å²) in [7, 11) is 1.90. The minimum Gasteiger partial charge on any atom is -0.465 e. The normalized spacial score (nSPS) is 20.7. The van der Waals surface area contributed by atoms with Crippen molar-refractivity contribution >= 4 is 17.4 Å². The van der Waals surface area contributed by atoms with Crippen LogP contribution in [0, 0.1) is 5.41 Å². The Labute approximate surface area is 165 Å². The fourth-order valence-corrected chi connectivity index (χ4v) is 3.83. The van der Waals surface area contributed by atoms with E-state index in [9.17, 15) is 9.59 Å². The molecule has 28 heavy (non-hydrogen) atoms. The lowest BCUT2D eigenvalue weighted by Crippen LogP contribution is -2.47. The van der Waals surface area contributed by atoms with Crippen LogP contribution in [-0.4, -0.2) is 36.4 Å². The van der Waals surface area contributed by atoms with Crippen molar-refractivity contribution in [2.45, 2.75) is 39.3 Å². The molecule has 1 aromatic carbocycles. The highest BCUT2D eigenvalue weighted by atomic mass is 16.5. The second-order valence-electron chi connectivity index (χ2n) is 7.47. The average molecular weight is 381 g/mol. The number of Topliss-reactive ketones (excluding diaryl/α,β-unsaturated/α-hetero) is 1. The number of hydrogen-bond donors (Lipinski definition) is 1. The third-order valence-corrected chi connectivity index (χ3v) is 5.63. The Balaban J connectivity index is 2.15. The number of ketones is 1. The topological polar surface area (TPSA) is 85.5 Å². The fraction of sp³-hybridized carbons (Fsp3) is 0.409. The minimum atomic E-state index is -1.48. The Morgan fingerprint density at radius 3 is 2.68 bits per heavy atom. The van der Waals surface area contributed by atoms with Crippen LogP contribution in [-0.2, 0) is 16.0 Å². The smallest absolute Gasteiger partial charge is 0.322 e. The van der Waals surface area contributed by atoms with Crippen LogP contribution in [0.4, 0.5) is 5.69 Å². The first kappa shape index (κ1) is 20.0. The molecule has 0 fully saturated rings. The number of carbonyl (C=O) groups excluding carboxylic acids is 2. The van der Waals surface area contributed by atoms with Gasteiger partial charge in [-0.15, -0.1) is 0 Å². The zero-order valence-corrected chi connectivity index (χ0v) is 16.8. The fourth-order valence-electron chi connectivity index (χ4n) is 3.83. The molecule has 0 bridgehead atoms. The van der Waals surface area contributed by atoms with E-state index < -0.39 is 17.4 Å². The van der Waals surface area contributed by atoms with Crippen molar-refractivity contribution in [3.8, 4) is 0 Å². The Bertz CT molecular complexity index is 896. The summed E-state index contributed by atoms with van der Waals surface area (Å²) in [5.41, 5.74) is 7.88. The van der Waals surface area contributed by atoms with Gasteiger partial charge in [0.15, 0.2) is 11.2 Å². The van der Waals surface area contributed by atoms with Gasteiger partial charge in [-0.1, -0.05) is 24.3 Å². The SMILES string of the molecule is CCOC(=O)C1(C(=O)c2ccncc2N(C)C(C)C)Cc2ccccc2C1N. The largest absolute Gasteiger partial charge is 0.465 e. The van der Waals surface area contributed by atoms with Crippen molar-refractivity contribution in [1.82, 2.24) is 4.98 Å². The maximum Gasteiger partial charge on any atom is 0.322 e. The summed E-state index contributed by atoms with van der Waals surface area (Å²) >= 11 is 0. The molecule has 0 spiro atoms. The van der Waals surface area contributed by atoms with E-state index in [-0.39, 0.29) is 24.9 Å². The predicted molar refractivity (Wildman–Crippen MR) is 108 cm³/mol. The molecule has 1 aromatic heterocycles. The number of fused-ring (bicyclic) bond motifs is 1. The van der Waals surface area contributed by atoms with E-state index in [0.717, 1.165) is 11.1 Å². The molecule has 6 heteroatoms. The molecular weight excluding hydrogens is 354 g/mol. The van der Waals surface area contributed by atoms with Gasteiger partial charge >= 0.3 is 5.97 Å². The molecule has 1 aliphatic rings. The Kier molecular flexibility index (Phi) is 5.52. The molecular formula is C22H27N3O3. The van der Waals surface area contributed by atoms with E-state index in [1.54, 1.807) is 25.4 Å². The molecule has 0 amide bonds. The summed E-state index contributed by atoms with van der Waals surface area (Å²) in [6.07, 6.45) is 3.45. The molecule has 0 saturated heterocycles. The van der Waals surface area contributed by atoms with Gasteiger partial charge in [-0.3, -0.25) is 14.6 Å². The maximum atomic E-state index is 13.9. The summed E-state index contributed by atoms with van der Waals surface area (Å²) in [5.74, 6) is -0.891. The van der Waals surface area contributed by atoms with Gasteiger partial charge in [0.1, 0.15) is 0 Å². The van der Waals surface area contributed by atoms with Gasteiger partial charge < -0.3 is 15.4 Å². The van der Waals surface area contributed by atoms with Crippen LogP contribution in [0.5, 0.6) is 0 Å². The first-order chi connectivity index (χ1) is 13.3. The standard InChI is InChI=1S/C22H27N3O3/c1-5-28-21(27)22(12-15-8-6-7-9-16(15)19(22)23)20(26)17-10-11-24-13-18(17)25(4)14(2)3/h6-11,13-14,19H,5,12,23H2,1-4H3. The number of anilines is 1. The van der Waals surface area contributed by atoms with Crippen LogP contribution in [0.3, 0.4) is 0 Å². The summed E-state index contributed by atoms with van der Waals surface area (Å²) in [6, 6.07) is 8.60. The van der Waals surface area contributed by atoms with Gasteiger partial charge in [0, 0.05) is 24.8 Å². The number of nitrogens with zero attached hydrogens (tertiary/aromatic N) is 2.